The van der Waals surface area contributed by atoms with Crippen molar-refractivity contribution in [2.75, 3.05) is 7.11 Å². The Morgan fingerprint density at radius 1 is 1.35 bits per heavy atom. The molecule has 1 aromatic carbocycles. The average Bonchev–Trinajstić information content (AvgIpc) is 2.41. The van der Waals surface area contributed by atoms with E-state index in [4.69, 9.17) is 10.5 Å². The second-order valence-corrected chi connectivity index (χ2v) is 4.70. The molecule has 0 saturated heterocycles. The van der Waals surface area contributed by atoms with Crippen molar-refractivity contribution >= 4 is 0 Å². The van der Waals surface area contributed by atoms with Gasteiger partial charge in [0.2, 0.25) is 0 Å². The molecule has 0 saturated carbocycles. The first kappa shape index (κ1) is 14.3. The van der Waals surface area contributed by atoms with Gasteiger partial charge in [0.1, 0.15) is 0 Å². The lowest BCUT2D eigenvalue weighted by molar-refractivity contribution is 0.385. The summed E-state index contributed by atoms with van der Waals surface area (Å²) in [6.07, 6.45) is 1.69. The minimum absolute atomic E-state index is 0.116. The minimum Gasteiger partial charge on any atom is -0.494 e. The van der Waals surface area contributed by atoms with Gasteiger partial charge in [0.15, 0.2) is 11.6 Å². The smallest absolute Gasteiger partial charge is 0.250 e. The standard InChI is InChI=1S/C15H17FN2O2/c1-10-5-6-18(15(19)7-10)9-13(17)11-3-4-14(20-2)12(16)8-11/h3-8,13H,9,17H2,1-2H3. The zero-order chi connectivity index (χ0) is 14.7. The van der Waals surface area contributed by atoms with Crippen LogP contribution in [0.4, 0.5) is 4.39 Å². The molecule has 0 radical (unpaired) electrons. The number of pyridine rings is 1. The van der Waals surface area contributed by atoms with Crippen LogP contribution in [0.25, 0.3) is 0 Å². The van der Waals surface area contributed by atoms with Gasteiger partial charge < -0.3 is 15.0 Å². The van der Waals surface area contributed by atoms with Crippen LogP contribution in [0.5, 0.6) is 5.75 Å². The summed E-state index contributed by atoms with van der Waals surface area (Å²) < 4.78 is 20.0. The van der Waals surface area contributed by atoms with Crippen molar-refractivity contribution in [2.24, 2.45) is 5.73 Å². The Balaban J connectivity index is 2.21. The summed E-state index contributed by atoms with van der Waals surface area (Å²) in [6.45, 7) is 2.15. The van der Waals surface area contributed by atoms with Gasteiger partial charge in [-0.3, -0.25) is 4.79 Å². The molecule has 1 unspecified atom stereocenters. The van der Waals surface area contributed by atoms with Crippen molar-refractivity contribution in [1.82, 2.24) is 4.57 Å². The van der Waals surface area contributed by atoms with Gasteiger partial charge in [-0.25, -0.2) is 4.39 Å². The molecule has 0 spiro atoms. The maximum absolute atomic E-state index is 13.6. The molecule has 0 aliphatic rings. The second-order valence-electron chi connectivity index (χ2n) is 4.70. The van der Waals surface area contributed by atoms with Crippen molar-refractivity contribution in [1.29, 1.82) is 0 Å². The Morgan fingerprint density at radius 2 is 2.10 bits per heavy atom. The first-order valence-corrected chi connectivity index (χ1v) is 6.27. The Morgan fingerprint density at radius 3 is 2.70 bits per heavy atom. The molecule has 1 atom stereocenters. The number of nitrogens with two attached hydrogens (primary N) is 1. The third-order valence-electron chi connectivity index (χ3n) is 3.15. The van der Waals surface area contributed by atoms with Crippen LogP contribution >= 0.6 is 0 Å². The quantitative estimate of drug-likeness (QED) is 0.929. The summed E-state index contributed by atoms with van der Waals surface area (Å²) >= 11 is 0. The van der Waals surface area contributed by atoms with Gasteiger partial charge in [0.05, 0.1) is 7.11 Å². The molecule has 0 fully saturated rings. The summed E-state index contributed by atoms with van der Waals surface area (Å²) in [5.41, 5.74) is 7.43. The lowest BCUT2D eigenvalue weighted by Gasteiger charge is -2.15. The zero-order valence-electron chi connectivity index (χ0n) is 11.5. The van der Waals surface area contributed by atoms with Crippen LogP contribution in [-0.2, 0) is 6.54 Å². The number of aryl methyl sites for hydroxylation is 1. The van der Waals surface area contributed by atoms with Crippen molar-refractivity contribution < 1.29 is 9.13 Å². The van der Waals surface area contributed by atoms with Crippen LogP contribution in [0.3, 0.4) is 0 Å². The molecular weight excluding hydrogens is 259 g/mol. The van der Waals surface area contributed by atoms with E-state index in [1.807, 2.05) is 13.0 Å². The van der Waals surface area contributed by atoms with Crippen LogP contribution in [0.15, 0.2) is 41.3 Å². The molecule has 0 aliphatic heterocycles. The van der Waals surface area contributed by atoms with Crippen molar-refractivity contribution in [2.45, 2.75) is 19.5 Å². The highest BCUT2D eigenvalue weighted by atomic mass is 19.1. The molecule has 2 rings (SSSR count). The second kappa shape index (κ2) is 5.88. The van der Waals surface area contributed by atoms with Gasteiger partial charge in [-0.05, 0) is 36.2 Å². The number of nitrogens with zero attached hydrogens (tertiary/aromatic N) is 1. The fourth-order valence-electron chi connectivity index (χ4n) is 1.99. The van der Waals surface area contributed by atoms with Gasteiger partial charge in [0, 0.05) is 24.8 Å². The molecule has 106 valence electrons. The lowest BCUT2D eigenvalue weighted by Crippen LogP contribution is -2.26. The molecule has 0 amide bonds. The van der Waals surface area contributed by atoms with Gasteiger partial charge in [-0.2, -0.15) is 0 Å². The van der Waals surface area contributed by atoms with E-state index in [-0.39, 0.29) is 11.3 Å². The summed E-state index contributed by atoms with van der Waals surface area (Å²) in [5.74, 6) is -0.287. The number of halogens is 1. The lowest BCUT2D eigenvalue weighted by atomic mass is 10.1. The highest BCUT2D eigenvalue weighted by Crippen LogP contribution is 2.21. The van der Waals surface area contributed by atoms with Crippen molar-refractivity contribution in [3.05, 3.63) is 63.8 Å². The number of rotatable bonds is 4. The Kier molecular flexibility index (Phi) is 4.20. The third kappa shape index (κ3) is 3.05. The molecular formula is C15H17FN2O2. The summed E-state index contributed by atoms with van der Waals surface area (Å²) in [7, 11) is 1.41. The van der Waals surface area contributed by atoms with Crippen LogP contribution in [0.2, 0.25) is 0 Å². The molecule has 0 aliphatic carbocycles. The Bertz CT molecular complexity index is 667. The molecule has 20 heavy (non-hydrogen) atoms. The minimum atomic E-state index is -0.462. The first-order valence-electron chi connectivity index (χ1n) is 6.27. The molecule has 5 heteroatoms. The van der Waals surface area contributed by atoms with Crippen molar-refractivity contribution in [3.8, 4) is 5.75 Å². The monoisotopic (exact) mass is 276 g/mol. The normalized spacial score (nSPS) is 12.2. The average molecular weight is 276 g/mol. The number of aromatic nitrogens is 1. The van der Waals surface area contributed by atoms with E-state index >= 15 is 0 Å². The summed E-state index contributed by atoms with van der Waals surface area (Å²) in [4.78, 5) is 11.8. The summed E-state index contributed by atoms with van der Waals surface area (Å²) in [6, 6.07) is 7.48. The molecule has 1 aromatic heterocycles. The van der Waals surface area contributed by atoms with Crippen LogP contribution in [0, 0.1) is 12.7 Å². The molecule has 1 heterocycles. The third-order valence-corrected chi connectivity index (χ3v) is 3.15. The predicted molar refractivity (Wildman–Crippen MR) is 75.3 cm³/mol. The van der Waals surface area contributed by atoms with E-state index < -0.39 is 11.9 Å². The van der Waals surface area contributed by atoms with E-state index in [1.54, 1.807) is 18.3 Å². The molecule has 4 nitrogen and oxygen atoms in total. The predicted octanol–water partition coefficient (Wildman–Crippen LogP) is 2.00. The SMILES string of the molecule is COc1ccc(C(N)Cn2ccc(C)cc2=O)cc1F. The number of ether oxygens (including phenoxy) is 1. The topological polar surface area (TPSA) is 57.2 Å². The zero-order valence-corrected chi connectivity index (χ0v) is 11.5. The van der Waals surface area contributed by atoms with E-state index in [9.17, 15) is 9.18 Å². The van der Waals surface area contributed by atoms with E-state index in [0.29, 0.717) is 12.1 Å². The highest BCUT2D eigenvalue weighted by Gasteiger charge is 2.11. The van der Waals surface area contributed by atoms with Gasteiger partial charge in [-0.1, -0.05) is 6.07 Å². The van der Waals surface area contributed by atoms with Gasteiger partial charge in [0.25, 0.3) is 5.56 Å². The fourth-order valence-corrected chi connectivity index (χ4v) is 1.99. The molecule has 2 aromatic rings. The Hall–Kier alpha value is -2.14. The van der Waals surface area contributed by atoms with Crippen LogP contribution in [-0.4, -0.2) is 11.7 Å². The van der Waals surface area contributed by atoms with Crippen LogP contribution in [0.1, 0.15) is 17.2 Å². The van der Waals surface area contributed by atoms with E-state index in [0.717, 1.165) is 5.56 Å². The van der Waals surface area contributed by atoms with E-state index in [2.05, 4.69) is 0 Å². The van der Waals surface area contributed by atoms with E-state index in [1.165, 1.54) is 23.8 Å². The maximum atomic E-state index is 13.6. The molecule has 0 bridgehead atoms. The van der Waals surface area contributed by atoms with Gasteiger partial charge in [-0.15, -0.1) is 0 Å². The van der Waals surface area contributed by atoms with Crippen LogP contribution < -0.4 is 16.0 Å². The first-order chi connectivity index (χ1) is 9.51. The Labute approximate surface area is 116 Å². The number of benzene rings is 1. The fraction of sp³-hybridized carbons (Fsp3) is 0.267. The van der Waals surface area contributed by atoms with Gasteiger partial charge >= 0.3 is 0 Å². The number of hydrogen-bond donors (Lipinski definition) is 1. The van der Waals surface area contributed by atoms with Crippen molar-refractivity contribution in [3.63, 3.8) is 0 Å². The largest absolute Gasteiger partial charge is 0.494 e. The summed E-state index contributed by atoms with van der Waals surface area (Å²) in [5, 5.41) is 0. The highest BCUT2D eigenvalue weighted by molar-refractivity contribution is 5.30. The molecule has 2 N–H and O–H groups in total. The maximum Gasteiger partial charge on any atom is 0.250 e. The number of hydrogen-bond acceptors (Lipinski definition) is 3. The number of methoxy groups -OCH3 is 1.